The van der Waals surface area contributed by atoms with E-state index in [1.54, 1.807) is 0 Å². The Morgan fingerprint density at radius 2 is 1.58 bits per heavy atom. The summed E-state index contributed by atoms with van der Waals surface area (Å²) in [7, 11) is 0. The molecule has 1 aromatic rings. The van der Waals surface area contributed by atoms with E-state index in [9.17, 15) is 0 Å². The number of hydrogen-bond donors (Lipinski definition) is 0. The molecule has 4 heteroatoms. The second kappa shape index (κ2) is 5.74. The summed E-state index contributed by atoms with van der Waals surface area (Å²) in [6.45, 7) is 0. The Labute approximate surface area is 109 Å². The van der Waals surface area contributed by atoms with Crippen molar-refractivity contribution in [2.75, 3.05) is 0 Å². The maximum atomic E-state index is 2.66. The Morgan fingerprint density at radius 1 is 1.00 bits per heavy atom. The van der Waals surface area contributed by atoms with E-state index in [0.717, 1.165) is 0 Å². The SMILES string of the molecule is [I][Ge]([I])([I])[CH2]Cc1ccccc1. The van der Waals surface area contributed by atoms with E-state index in [2.05, 4.69) is 91.0 Å². The van der Waals surface area contributed by atoms with Crippen molar-refractivity contribution < 1.29 is 0 Å². The van der Waals surface area contributed by atoms with Gasteiger partial charge in [-0.15, -0.1) is 0 Å². The summed E-state index contributed by atoms with van der Waals surface area (Å²) >= 11 is 7.99. The molecular weight excluding hydrogens is 549 g/mol. The summed E-state index contributed by atoms with van der Waals surface area (Å²) in [5, 5.41) is 1.41. The van der Waals surface area contributed by atoms with Gasteiger partial charge in [0.1, 0.15) is 0 Å². The minimum absolute atomic E-state index is 1.26. The first-order chi connectivity index (χ1) is 5.58. The average molecular weight is 558 g/mol. The third kappa shape index (κ3) is 5.63. The third-order valence-electron chi connectivity index (χ3n) is 1.54. The molecule has 0 aliphatic rings. The molecule has 0 nitrogen and oxygen atoms in total. The Hall–Kier alpha value is 1.95. The van der Waals surface area contributed by atoms with Crippen LogP contribution in [0.5, 0.6) is 0 Å². The fourth-order valence-corrected chi connectivity index (χ4v) is 6.34. The van der Waals surface area contributed by atoms with Gasteiger partial charge in [-0.1, -0.05) is 0 Å². The summed E-state index contributed by atoms with van der Waals surface area (Å²) in [6, 6.07) is 10.8. The second-order valence-electron chi connectivity index (χ2n) is 2.60. The zero-order chi connectivity index (χ0) is 9.03. The Kier molecular flexibility index (Phi) is 5.75. The standard InChI is InChI=1S/C8H9GeI3/c10-9(11,12)7-6-8-4-2-1-3-5-8/h1-5H,6-7H2. The molecule has 0 N–H and O–H groups in total. The average Bonchev–Trinajstić information content (AvgIpc) is 2.02. The number of benzene rings is 1. The predicted octanol–water partition coefficient (Wildman–Crippen LogP) is 4.47. The van der Waals surface area contributed by atoms with Crippen molar-refractivity contribution in [1.82, 2.24) is 0 Å². The zero-order valence-electron chi connectivity index (χ0n) is 6.43. The summed E-state index contributed by atoms with van der Waals surface area (Å²) in [6.07, 6.45) is 1.26. The van der Waals surface area contributed by atoms with Crippen molar-refractivity contribution in [3.8, 4) is 0 Å². The van der Waals surface area contributed by atoms with Crippen molar-refractivity contribution in [2.24, 2.45) is 0 Å². The first-order valence-corrected chi connectivity index (χ1v) is 24.4. The van der Waals surface area contributed by atoms with E-state index < -0.39 is 3.34 Å². The molecule has 1 aromatic carbocycles. The van der Waals surface area contributed by atoms with Gasteiger partial charge in [-0.3, -0.25) is 0 Å². The molecule has 0 fully saturated rings. The molecule has 66 valence electrons. The van der Waals surface area contributed by atoms with Crippen molar-refractivity contribution in [1.29, 1.82) is 0 Å². The Balaban J connectivity index is 2.44. The van der Waals surface area contributed by atoms with Gasteiger partial charge in [0.25, 0.3) is 0 Å². The van der Waals surface area contributed by atoms with Gasteiger partial charge in [-0.2, -0.15) is 0 Å². The van der Waals surface area contributed by atoms with Crippen LogP contribution in [0.15, 0.2) is 30.3 Å². The van der Waals surface area contributed by atoms with E-state index in [-0.39, 0.29) is 0 Å². The van der Waals surface area contributed by atoms with Gasteiger partial charge in [-0.05, 0) is 0 Å². The number of halogens is 3. The van der Waals surface area contributed by atoms with Crippen molar-refractivity contribution in [3.05, 3.63) is 35.9 Å². The van der Waals surface area contributed by atoms with Crippen molar-refractivity contribution >= 4 is 64.0 Å². The normalized spacial score (nSPS) is 11.6. The van der Waals surface area contributed by atoms with E-state index in [0.29, 0.717) is 0 Å². The molecule has 0 aliphatic heterocycles. The van der Waals surface area contributed by atoms with Crippen LogP contribution in [0.2, 0.25) is 5.25 Å². The molecule has 0 amide bonds. The molecular formula is C8H9GeI3. The maximum absolute atomic E-state index is 2.66. The van der Waals surface area contributed by atoms with Crippen LogP contribution in [-0.2, 0) is 6.42 Å². The number of aryl methyl sites for hydroxylation is 1. The molecule has 0 saturated heterocycles. The van der Waals surface area contributed by atoms with Crippen LogP contribution in [0.1, 0.15) is 5.56 Å². The van der Waals surface area contributed by atoms with Crippen LogP contribution in [-0.4, -0.2) is 3.34 Å². The first-order valence-electron chi connectivity index (χ1n) is 3.68. The summed E-state index contributed by atoms with van der Waals surface area (Å²) < 4.78 is -1.38. The summed E-state index contributed by atoms with van der Waals surface area (Å²) in [5.41, 5.74) is 1.48. The van der Waals surface area contributed by atoms with Crippen LogP contribution in [0.25, 0.3) is 0 Å². The molecule has 0 bridgehead atoms. The molecule has 0 aromatic heterocycles. The van der Waals surface area contributed by atoms with Gasteiger partial charge in [0.05, 0.1) is 0 Å². The Morgan fingerprint density at radius 3 is 2.08 bits per heavy atom. The zero-order valence-corrected chi connectivity index (χ0v) is 15.0. The Bertz CT molecular complexity index is 230. The van der Waals surface area contributed by atoms with E-state index in [4.69, 9.17) is 0 Å². The molecule has 0 spiro atoms. The molecule has 0 aliphatic carbocycles. The third-order valence-corrected chi connectivity index (χ3v) is 11.7. The van der Waals surface area contributed by atoms with Gasteiger partial charge in [-0.25, -0.2) is 0 Å². The van der Waals surface area contributed by atoms with Crippen LogP contribution >= 0.6 is 60.6 Å². The van der Waals surface area contributed by atoms with Gasteiger partial charge in [0, 0.05) is 0 Å². The predicted molar refractivity (Wildman–Crippen MR) is 82.8 cm³/mol. The van der Waals surface area contributed by atoms with Crippen molar-refractivity contribution in [2.45, 2.75) is 11.7 Å². The van der Waals surface area contributed by atoms with Crippen LogP contribution in [0, 0.1) is 0 Å². The van der Waals surface area contributed by atoms with Crippen LogP contribution in [0.3, 0.4) is 0 Å². The van der Waals surface area contributed by atoms with Gasteiger partial charge in [0.15, 0.2) is 0 Å². The molecule has 0 radical (unpaired) electrons. The van der Waals surface area contributed by atoms with Crippen molar-refractivity contribution in [3.63, 3.8) is 0 Å². The van der Waals surface area contributed by atoms with E-state index in [1.807, 2.05) is 0 Å². The van der Waals surface area contributed by atoms with Crippen LogP contribution in [0.4, 0.5) is 0 Å². The first kappa shape index (κ1) is 12.0. The number of hydrogen-bond acceptors (Lipinski definition) is 0. The van der Waals surface area contributed by atoms with Gasteiger partial charge in [0.2, 0.25) is 0 Å². The molecule has 12 heavy (non-hydrogen) atoms. The second-order valence-corrected chi connectivity index (χ2v) is 67.1. The molecule has 0 saturated carbocycles. The van der Waals surface area contributed by atoms with Crippen LogP contribution < -0.4 is 0 Å². The van der Waals surface area contributed by atoms with Gasteiger partial charge < -0.3 is 0 Å². The fourth-order valence-electron chi connectivity index (χ4n) is 0.931. The fraction of sp³-hybridized carbons (Fsp3) is 0.250. The van der Waals surface area contributed by atoms with E-state index >= 15 is 0 Å². The molecule has 1 rings (SSSR count). The topological polar surface area (TPSA) is 0 Å². The number of rotatable bonds is 3. The molecule has 0 unspecified atom stereocenters. The molecule has 0 heterocycles. The molecule has 0 atom stereocenters. The minimum atomic E-state index is -1.38. The quantitative estimate of drug-likeness (QED) is 0.380. The summed E-state index contributed by atoms with van der Waals surface area (Å²) in [4.78, 5) is 0. The summed E-state index contributed by atoms with van der Waals surface area (Å²) in [5.74, 6) is 0. The van der Waals surface area contributed by atoms with Gasteiger partial charge >= 0.3 is 112 Å². The van der Waals surface area contributed by atoms with E-state index in [1.165, 1.54) is 17.2 Å². The monoisotopic (exact) mass is 560 g/mol.